The molecule has 0 amide bonds. The Hall–Kier alpha value is -1.55. The molecule has 2 N–H and O–H groups in total. The van der Waals surface area contributed by atoms with Crippen LogP contribution >= 0.6 is 0 Å². The molecule has 0 saturated heterocycles. The summed E-state index contributed by atoms with van der Waals surface area (Å²) in [5, 5.41) is 0. The lowest BCUT2D eigenvalue weighted by Crippen LogP contribution is -2.48. The number of nitrogens with zero attached hydrogens (tertiary/aromatic N) is 1. The molecule has 0 aromatic heterocycles. The van der Waals surface area contributed by atoms with Gasteiger partial charge in [-0.15, -0.1) is 0 Å². The first-order valence-electron chi connectivity index (χ1n) is 7.77. The summed E-state index contributed by atoms with van der Waals surface area (Å²) in [5.41, 5.74) is 6.34. The molecule has 118 valence electrons. The second-order valence-corrected chi connectivity index (χ2v) is 5.56. The Balaban J connectivity index is 2.67. The Bertz CT molecular complexity index is 418. The van der Waals surface area contributed by atoms with Crippen molar-refractivity contribution >= 4 is 11.7 Å². The Morgan fingerprint density at radius 1 is 1.24 bits per heavy atom. The van der Waals surface area contributed by atoms with Gasteiger partial charge in [-0.2, -0.15) is 0 Å². The van der Waals surface area contributed by atoms with Crippen LogP contribution in [-0.4, -0.2) is 31.2 Å². The van der Waals surface area contributed by atoms with Gasteiger partial charge in [-0.05, 0) is 38.8 Å². The van der Waals surface area contributed by atoms with Crippen LogP contribution in [0.4, 0.5) is 5.69 Å². The van der Waals surface area contributed by atoms with Gasteiger partial charge in [0.25, 0.3) is 0 Å². The molecule has 0 fully saturated rings. The van der Waals surface area contributed by atoms with Crippen LogP contribution in [0.15, 0.2) is 30.3 Å². The summed E-state index contributed by atoms with van der Waals surface area (Å²) in [7, 11) is 0. The fourth-order valence-corrected chi connectivity index (χ4v) is 2.12. The maximum absolute atomic E-state index is 11.9. The molecule has 1 aromatic carbocycles. The van der Waals surface area contributed by atoms with E-state index in [1.165, 1.54) is 5.69 Å². The van der Waals surface area contributed by atoms with Gasteiger partial charge < -0.3 is 15.4 Å². The van der Waals surface area contributed by atoms with E-state index >= 15 is 0 Å². The van der Waals surface area contributed by atoms with Crippen molar-refractivity contribution in [2.45, 2.75) is 45.6 Å². The summed E-state index contributed by atoms with van der Waals surface area (Å²) in [6.07, 6.45) is 2.83. The average molecular weight is 292 g/mol. The third-order valence-electron chi connectivity index (χ3n) is 3.55. The summed E-state index contributed by atoms with van der Waals surface area (Å²) in [5.74, 6) is -0.325. The molecule has 0 aliphatic carbocycles. The third-order valence-corrected chi connectivity index (χ3v) is 3.55. The summed E-state index contributed by atoms with van der Waals surface area (Å²) in [6, 6.07) is 10.2. The number of carbonyl (C=O) groups excluding carboxylic acids is 1. The van der Waals surface area contributed by atoms with Crippen LogP contribution in [0.5, 0.6) is 0 Å². The number of rotatable bonds is 9. The highest BCUT2D eigenvalue weighted by Crippen LogP contribution is 2.17. The van der Waals surface area contributed by atoms with E-state index in [0.29, 0.717) is 13.0 Å². The van der Waals surface area contributed by atoms with Gasteiger partial charge in [-0.1, -0.05) is 31.5 Å². The van der Waals surface area contributed by atoms with Crippen LogP contribution in [0.2, 0.25) is 0 Å². The zero-order valence-electron chi connectivity index (χ0n) is 13.5. The van der Waals surface area contributed by atoms with Crippen LogP contribution in [0, 0.1) is 0 Å². The first-order chi connectivity index (χ1) is 10.0. The quantitative estimate of drug-likeness (QED) is 0.711. The summed E-state index contributed by atoms with van der Waals surface area (Å²) in [6.45, 7) is 7.80. The number of esters is 1. The molecule has 0 spiro atoms. The van der Waals surface area contributed by atoms with Gasteiger partial charge in [-0.3, -0.25) is 4.79 Å². The predicted molar refractivity (Wildman–Crippen MR) is 87.4 cm³/mol. The number of benzene rings is 1. The van der Waals surface area contributed by atoms with Gasteiger partial charge >= 0.3 is 5.97 Å². The normalized spacial score (nSPS) is 13.5. The van der Waals surface area contributed by atoms with Crippen molar-refractivity contribution in [3.05, 3.63) is 30.3 Å². The minimum Gasteiger partial charge on any atom is -0.465 e. The van der Waals surface area contributed by atoms with Crippen molar-refractivity contribution in [1.82, 2.24) is 0 Å². The summed E-state index contributed by atoms with van der Waals surface area (Å²) < 4.78 is 5.04. The Kier molecular flexibility index (Phi) is 7.23. The number of carbonyl (C=O) groups is 1. The minimum atomic E-state index is -0.935. The molecular weight excluding hydrogens is 264 g/mol. The molecular formula is C17H28N2O2. The number of hydrogen-bond donors (Lipinski definition) is 1. The van der Waals surface area contributed by atoms with E-state index in [2.05, 4.69) is 24.0 Å². The summed E-state index contributed by atoms with van der Waals surface area (Å²) in [4.78, 5) is 14.1. The number of unbranched alkanes of at least 4 members (excludes halogenated alkanes) is 1. The lowest BCUT2D eigenvalue weighted by molar-refractivity contribution is -0.149. The average Bonchev–Trinajstić information content (AvgIpc) is 2.48. The number of hydrogen-bond acceptors (Lipinski definition) is 4. The Morgan fingerprint density at radius 3 is 2.48 bits per heavy atom. The van der Waals surface area contributed by atoms with Crippen molar-refractivity contribution < 1.29 is 9.53 Å². The highest BCUT2D eigenvalue weighted by molar-refractivity contribution is 5.80. The van der Waals surface area contributed by atoms with Crippen molar-refractivity contribution in [3.63, 3.8) is 0 Å². The van der Waals surface area contributed by atoms with Crippen molar-refractivity contribution in [2.24, 2.45) is 5.73 Å². The van der Waals surface area contributed by atoms with Gasteiger partial charge in [0.2, 0.25) is 0 Å². The maximum atomic E-state index is 11.9. The molecule has 1 unspecified atom stereocenters. The van der Waals surface area contributed by atoms with Gasteiger partial charge in [0.15, 0.2) is 0 Å². The zero-order valence-corrected chi connectivity index (χ0v) is 13.5. The third kappa shape index (κ3) is 5.76. The molecule has 0 aliphatic heterocycles. The molecule has 4 heteroatoms. The van der Waals surface area contributed by atoms with E-state index in [1.54, 1.807) is 13.8 Å². The van der Waals surface area contributed by atoms with Crippen molar-refractivity contribution in [3.8, 4) is 0 Å². The van der Waals surface area contributed by atoms with Crippen LogP contribution in [-0.2, 0) is 9.53 Å². The van der Waals surface area contributed by atoms with Gasteiger partial charge in [0.1, 0.15) is 5.54 Å². The molecule has 4 nitrogen and oxygen atoms in total. The van der Waals surface area contributed by atoms with E-state index in [-0.39, 0.29) is 5.97 Å². The SMILES string of the molecule is CCCCN(CCC(C)(N)C(=O)OCC)c1ccccc1. The minimum absolute atomic E-state index is 0.325. The van der Waals surface area contributed by atoms with Crippen molar-refractivity contribution in [1.29, 1.82) is 0 Å². The Morgan fingerprint density at radius 2 is 1.90 bits per heavy atom. The number of nitrogens with two attached hydrogens (primary N) is 1. The fraction of sp³-hybridized carbons (Fsp3) is 0.588. The molecule has 0 bridgehead atoms. The van der Waals surface area contributed by atoms with Gasteiger partial charge in [0, 0.05) is 18.8 Å². The standard InChI is InChI=1S/C17H28N2O2/c1-4-6-13-19(15-10-8-7-9-11-15)14-12-17(3,18)16(20)21-5-2/h7-11H,4-6,12-14,18H2,1-3H3. The Labute approximate surface area is 128 Å². The lowest BCUT2D eigenvalue weighted by atomic mass is 9.99. The molecule has 21 heavy (non-hydrogen) atoms. The predicted octanol–water partition coefficient (Wildman–Crippen LogP) is 2.96. The van der Waals surface area contributed by atoms with Crippen molar-refractivity contribution in [2.75, 3.05) is 24.6 Å². The van der Waals surface area contributed by atoms with E-state index in [4.69, 9.17) is 10.5 Å². The fourth-order valence-electron chi connectivity index (χ4n) is 2.12. The second kappa shape index (κ2) is 8.67. The number of anilines is 1. The number of ether oxygens (including phenoxy) is 1. The van der Waals surface area contributed by atoms with Crippen LogP contribution in [0.25, 0.3) is 0 Å². The van der Waals surface area contributed by atoms with Crippen LogP contribution < -0.4 is 10.6 Å². The summed E-state index contributed by atoms with van der Waals surface area (Å²) >= 11 is 0. The molecule has 1 aromatic rings. The topological polar surface area (TPSA) is 55.6 Å². The number of para-hydroxylation sites is 1. The first kappa shape index (κ1) is 17.5. The highest BCUT2D eigenvalue weighted by Gasteiger charge is 2.30. The van der Waals surface area contributed by atoms with E-state index < -0.39 is 5.54 Å². The molecule has 1 atom stereocenters. The second-order valence-electron chi connectivity index (χ2n) is 5.56. The lowest BCUT2D eigenvalue weighted by Gasteiger charge is -2.29. The molecule has 0 heterocycles. The van der Waals surface area contributed by atoms with Gasteiger partial charge in [-0.25, -0.2) is 0 Å². The molecule has 0 saturated carbocycles. The monoisotopic (exact) mass is 292 g/mol. The molecule has 0 aliphatic rings. The van der Waals surface area contributed by atoms with Crippen LogP contribution in [0.1, 0.15) is 40.0 Å². The van der Waals surface area contributed by atoms with E-state index in [0.717, 1.165) is 25.9 Å². The van der Waals surface area contributed by atoms with E-state index in [1.807, 2.05) is 18.2 Å². The first-order valence-corrected chi connectivity index (χ1v) is 7.77. The van der Waals surface area contributed by atoms with Gasteiger partial charge in [0.05, 0.1) is 6.61 Å². The maximum Gasteiger partial charge on any atom is 0.325 e. The largest absolute Gasteiger partial charge is 0.465 e. The molecule has 0 radical (unpaired) electrons. The smallest absolute Gasteiger partial charge is 0.325 e. The molecule has 1 rings (SSSR count). The van der Waals surface area contributed by atoms with E-state index in [9.17, 15) is 4.79 Å². The van der Waals surface area contributed by atoms with Crippen LogP contribution in [0.3, 0.4) is 0 Å². The zero-order chi connectivity index (χ0) is 15.7. The highest BCUT2D eigenvalue weighted by atomic mass is 16.5.